The van der Waals surface area contributed by atoms with Crippen molar-refractivity contribution in [3.05, 3.63) is 48.7 Å². The van der Waals surface area contributed by atoms with Gasteiger partial charge in [0.15, 0.2) is 0 Å². The second-order valence-electron chi connectivity index (χ2n) is 6.41. The van der Waals surface area contributed by atoms with E-state index in [4.69, 9.17) is 10.7 Å². The maximum Gasteiger partial charge on any atom is 0.275 e. The van der Waals surface area contributed by atoms with Crippen LogP contribution in [-0.2, 0) is 0 Å². The Hall–Kier alpha value is -3.33. The van der Waals surface area contributed by atoms with Crippen LogP contribution in [0, 0.1) is 0 Å². The molecule has 0 aliphatic carbocycles. The highest BCUT2D eigenvalue weighted by atomic mass is 16.1. The predicted molar refractivity (Wildman–Crippen MR) is 101 cm³/mol. The normalized spacial score (nSPS) is 14.9. The summed E-state index contributed by atoms with van der Waals surface area (Å²) in [4.78, 5) is 27.2. The number of nitrogens with one attached hydrogen (secondary N) is 2. The van der Waals surface area contributed by atoms with Gasteiger partial charge in [-0.1, -0.05) is 6.07 Å². The van der Waals surface area contributed by atoms with Gasteiger partial charge < -0.3 is 16.0 Å². The first-order chi connectivity index (χ1) is 13.2. The van der Waals surface area contributed by atoms with Gasteiger partial charge in [-0.3, -0.25) is 14.9 Å². The van der Waals surface area contributed by atoms with Crippen LogP contribution in [0.5, 0.6) is 0 Å². The summed E-state index contributed by atoms with van der Waals surface area (Å²) < 4.78 is 0. The van der Waals surface area contributed by atoms with E-state index in [0.29, 0.717) is 17.1 Å². The molecular weight excluding hydrogens is 344 g/mol. The minimum absolute atomic E-state index is 0.232. The Morgan fingerprint density at radius 1 is 1.22 bits per heavy atom. The van der Waals surface area contributed by atoms with Crippen molar-refractivity contribution >= 4 is 17.4 Å². The Morgan fingerprint density at radius 3 is 2.85 bits per heavy atom. The molecule has 4 N–H and O–H groups in total. The van der Waals surface area contributed by atoms with Crippen LogP contribution in [0.3, 0.4) is 0 Å². The van der Waals surface area contributed by atoms with E-state index < -0.39 is 0 Å². The zero-order chi connectivity index (χ0) is 18.6. The van der Waals surface area contributed by atoms with E-state index in [-0.39, 0.29) is 17.6 Å². The molecule has 0 unspecified atom stereocenters. The number of H-pyrrole nitrogens is 1. The second kappa shape index (κ2) is 7.50. The van der Waals surface area contributed by atoms with Crippen LogP contribution in [-0.4, -0.2) is 50.2 Å². The molecule has 9 heteroatoms. The Bertz CT molecular complexity index is 918. The van der Waals surface area contributed by atoms with Crippen molar-refractivity contribution in [3.8, 4) is 11.4 Å². The zero-order valence-electron chi connectivity index (χ0n) is 14.7. The van der Waals surface area contributed by atoms with Gasteiger partial charge in [-0.25, -0.2) is 9.97 Å². The molecule has 3 aromatic heterocycles. The number of hydrogen-bond donors (Lipinski definition) is 3. The first-order valence-electron chi connectivity index (χ1n) is 8.79. The summed E-state index contributed by atoms with van der Waals surface area (Å²) in [6.45, 7) is 1.77. The van der Waals surface area contributed by atoms with Crippen molar-refractivity contribution in [2.75, 3.05) is 23.3 Å². The van der Waals surface area contributed by atoms with E-state index in [1.165, 1.54) is 18.6 Å². The molecule has 0 saturated carbocycles. The molecule has 1 saturated heterocycles. The van der Waals surface area contributed by atoms with Crippen molar-refractivity contribution in [2.45, 2.75) is 18.9 Å². The number of carbonyl (C=O) groups is 1. The number of nitrogens with two attached hydrogens (primary N) is 1. The van der Waals surface area contributed by atoms with Crippen LogP contribution in [0.4, 0.5) is 11.5 Å². The van der Waals surface area contributed by atoms with Crippen LogP contribution in [0.15, 0.2) is 43.0 Å². The zero-order valence-corrected chi connectivity index (χ0v) is 14.7. The molecule has 0 atom stereocenters. The van der Waals surface area contributed by atoms with Gasteiger partial charge in [0.1, 0.15) is 17.2 Å². The Kier molecular flexibility index (Phi) is 4.75. The minimum atomic E-state index is -0.355. The lowest BCUT2D eigenvalue weighted by Crippen LogP contribution is -2.40. The number of anilines is 2. The highest BCUT2D eigenvalue weighted by Crippen LogP contribution is 2.26. The maximum atomic E-state index is 12.3. The van der Waals surface area contributed by atoms with Crippen LogP contribution in [0.25, 0.3) is 11.4 Å². The molecule has 4 rings (SSSR count). The van der Waals surface area contributed by atoms with Gasteiger partial charge in [0, 0.05) is 31.5 Å². The number of hydrogen-bond acceptors (Lipinski definition) is 7. The lowest BCUT2D eigenvalue weighted by molar-refractivity contribution is 0.102. The SMILES string of the molecule is NC1CCN(c2cccc(-c3[nH]ncc3NC(=O)c3cnccn3)n2)CC1. The van der Waals surface area contributed by atoms with Crippen LogP contribution < -0.4 is 16.0 Å². The number of aromatic amines is 1. The average Bonchev–Trinajstić information content (AvgIpc) is 3.17. The summed E-state index contributed by atoms with van der Waals surface area (Å²) in [5, 5.41) is 9.77. The molecule has 9 nitrogen and oxygen atoms in total. The second-order valence-corrected chi connectivity index (χ2v) is 6.41. The molecule has 3 aromatic rings. The van der Waals surface area contributed by atoms with Gasteiger partial charge in [-0.05, 0) is 25.0 Å². The summed E-state index contributed by atoms with van der Waals surface area (Å²) in [5.41, 5.74) is 8.10. The number of pyridine rings is 1. The van der Waals surface area contributed by atoms with E-state index >= 15 is 0 Å². The third-order valence-corrected chi connectivity index (χ3v) is 4.54. The number of carbonyl (C=O) groups excluding carboxylic acids is 1. The molecule has 138 valence electrons. The molecule has 0 aromatic carbocycles. The van der Waals surface area contributed by atoms with Crippen molar-refractivity contribution < 1.29 is 4.79 Å². The smallest absolute Gasteiger partial charge is 0.275 e. The Morgan fingerprint density at radius 2 is 2.07 bits per heavy atom. The monoisotopic (exact) mass is 364 g/mol. The summed E-state index contributed by atoms with van der Waals surface area (Å²) >= 11 is 0. The third-order valence-electron chi connectivity index (χ3n) is 4.54. The minimum Gasteiger partial charge on any atom is -0.356 e. The van der Waals surface area contributed by atoms with Crippen molar-refractivity contribution in [1.29, 1.82) is 0 Å². The molecular formula is C18H20N8O. The summed E-state index contributed by atoms with van der Waals surface area (Å²) in [5.74, 6) is 0.534. The van der Waals surface area contributed by atoms with Crippen molar-refractivity contribution in [2.24, 2.45) is 5.73 Å². The molecule has 0 spiro atoms. The van der Waals surface area contributed by atoms with Crippen molar-refractivity contribution in [1.82, 2.24) is 25.1 Å². The van der Waals surface area contributed by atoms with Crippen LogP contribution >= 0.6 is 0 Å². The van der Waals surface area contributed by atoms with Crippen LogP contribution in [0.1, 0.15) is 23.3 Å². The Balaban J connectivity index is 1.55. The van der Waals surface area contributed by atoms with E-state index in [9.17, 15) is 4.79 Å². The van der Waals surface area contributed by atoms with Gasteiger partial charge in [-0.15, -0.1) is 0 Å². The van der Waals surface area contributed by atoms with Gasteiger partial charge in [0.2, 0.25) is 0 Å². The molecule has 1 fully saturated rings. The van der Waals surface area contributed by atoms with E-state index in [0.717, 1.165) is 31.7 Å². The van der Waals surface area contributed by atoms with Gasteiger partial charge in [-0.2, -0.15) is 5.10 Å². The largest absolute Gasteiger partial charge is 0.356 e. The Labute approximate surface area is 156 Å². The number of rotatable bonds is 4. The quantitative estimate of drug-likeness (QED) is 0.639. The lowest BCUT2D eigenvalue weighted by atomic mass is 10.1. The molecule has 4 heterocycles. The highest BCUT2D eigenvalue weighted by Gasteiger charge is 2.19. The number of nitrogens with zero attached hydrogens (tertiary/aromatic N) is 5. The summed E-state index contributed by atoms with van der Waals surface area (Å²) in [6, 6.07) is 6.07. The molecule has 1 aliphatic heterocycles. The fourth-order valence-corrected chi connectivity index (χ4v) is 3.05. The molecule has 1 amide bonds. The van der Waals surface area contributed by atoms with Gasteiger partial charge in [0.05, 0.1) is 23.8 Å². The van der Waals surface area contributed by atoms with E-state index in [2.05, 4.69) is 30.4 Å². The first kappa shape index (κ1) is 17.1. The fraction of sp³-hybridized carbons (Fsp3) is 0.278. The average molecular weight is 364 g/mol. The highest BCUT2D eigenvalue weighted by molar-refractivity contribution is 6.04. The maximum absolute atomic E-state index is 12.3. The molecule has 0 bridgehead atoms. The molecule has 1 aliphatic rings. The summed E-state index contributed by atoms with van der Waals surface area (Å²) in [7, 11) is 0. The lowest BCUT2D eigenvalue weighted by Gasteiger charge is -2.31. The van der Waals surface area contributed by atoms with E-state index in [1.807, 2.05) is 18.2 Å². The first-order valence-corrected chi connectivity index (χ1v) is 8.79. The standard InChI is InChI=1S/C18H20N8O/c19-12-4-8-26(9-5-12)16-3-1-2-13(23-16)17-14(11-22-25-17)24-18(27)15-10-20-6-7-21-15/h1-3,6-7,10-12H,4-5,8-9,19H2,(H,22,25)(H,24,27). The van der Waals surface area contributed by atoms with Crippen LogP contribution in [0.2, 0.25) is 0 Å². The fourth-order valence-electron chi connectivity index (χ4n) is 3.05. The topological polar surface area (TPSA) is 126 Å². The predicted octanol–water partition coefficient (Wildman–Crippen LogP) is 1.44. The van der Waals surface area contributed by atoms with Crippen molar-refractivity contribution in [3.63, 3.8) is 0 Å². The number of amides is 1. The molecule has 27 heavy (non-hydrogen) atoms. The third kappa shape index (κ3) is 3.77. The van der Waals surface area contributed by atoms with E-state index in [1.54, 1.807) is 6.20 Å². The summed E-state index contributed by atoms with van der Waals surface area (Å²) in [6.07, 6.45) is 7.86. The van der Waals surface area contributed by atoms with Gasteiger partial charge >= 0.3 is 0 Å². The van der Waals surface area contributed by atoms with Gasteiger partial charge in [0.25, 0.3) is 5.91 Å². The molecule has 0 radical (unpaired) electrons. The number of piperidine rings is 1. The number of aromatic nitrogens is 5.